The molecule has 1 aromatic heterocycles. The average molecular weight is 249 g/mol. The summed E-state index contributed by atoms with van der Waals surface area (Å²) in [6.07, 6.45) is 0.693. The lowest BCUT2D eigenvalue weighted by atomic mass is 10.2. The van der Waals surface area contributed by atoms with Crippen LogP contribution in [0.15, 0.2) is 35.7 Å². The second-order valence-electron chi connectivity index (χ2n) is 3.09. The molecule has 1 aromatic carbocycles. The van der Waals surface area contributed by atoms with Gasteiger partial charge in [0.05, 0.1) is 5.01 Å². The molecule has 3 nitrogen and oxygen atoms in total. The maximum absolute atomic E-state index is 10.6. The maximum atomic E-state index is 10.6. The fourth-order valence-corrected chi connectivity index (χ4v) is 2.06. The van der Waals surface area contributed by atoms with Crippen LogP contribution in [0.4, 0.5) is 0 Å². The predicted molar refractivity (Wildman–Crippen MR) is 69.7 cm³/mol. The van der Waals surface area contributed by atoms with Crippen LogP contribution in [0.2, 0.25) is 0 Å². The van der Waals surface area contributed by atoms with Gasteiger partial charge in [-0.3, -0.25) is 0 Å². The molecule has 0 amide bonds. The summed E-state index contributed by atoms with van der Waals surface area (Å²) in [7, 11) is 0. The SMILES string of the molecule is CC.O=C(O)c1csc(Cc2ccccc2)n1. The molecular formula is C13H15NO2S. The van der Waals surface area contributed by atoms with Crippen LogP contribution in [-0.2, 0) is 6.42 Å². The minimum absolute atomic E-state index is 0.130. The quantitative estimate of drug-likeness (QED) is 0.906. The number of hydrogen-bond donors (Lipinski definition) is 1. The van der Waals surface area contributed by atoms with Crippen molar-refractivity contribution in [3.63, 3.8) is 0 Å². The van der Waals surface area contributed by atoms with Crippen LogP contribution in [0.25, 0.3) is 0 Å². The van der Waals surface area contributed by atoms with Crippen molar-refractivity contribution in [1.29, 1.82) is 0 Å². The summed E-state index contributed by atoms with van der Waals surface area (Å²) in [6, 6.07) is 9.87. The summed E-state index contributed by atoms with van der Waals surface area (Å²) in [4.78, 5) is 14.6. The molecule has 2 aromatic rings. The molecule has 4 heteroatoms. The summed E-state index contributed by atoms with van der Waals surface area (Å²) in [5, 5.41) is 11.1. The number of aromatic carboxylic acids is 1. The smallest absolute Gasteiger partial charge is 0.355 e. The van der Waals surface area contributed by atoms with E-state index in [1.807, 2.05) is 44.2 Å². The Bertz CT molecular complexity index is 465. The Morgan fingerprint density at radius 2 is 1.94 bits per heavy atom. The van der Waals surface area contributed by atoms with E-state index in [4.69, 9.17) is 5.11 Å². The highest BCUT2D eigenvalue weighted by atomic mass is 32.1. The van der Waals surface area contributed by atoms with Crippen LogP contribution in [0.1, 0.15) is 34.9 Å². The highest BCUT2D eigenvalue weighted by Gasteiger charge is 2.08. The molecule has 0 spiro atoms. The van der Waals surface area contributed by atoms with Gasteiger partial charge in [-0.15, -0.1) is 11.3 Å². The van der Waals surface area contributed by atoms with Crippen LogP contribution < -0.4 is 0 Å². The number of aromatic nitrogens is 1. The van der Waals surface area contributed by atoms with Crippen molar-refractivity contribution in [2.45, 2.75) is 20.3 Å². The van der Waals surface area contributed by atoms with Crippen LogP contribution >= 0.6 is 11.3 Å². The Balaban J connectivity index is 0.000000686. The van der Waals surface area contributed by atoms with E-state index in [0.29, 0.717) is 6.42 Å². The molecule has 0 saturated heterocycles. The second kappa shape index (κ2) is 6.81. The number of thiazole rings is 1. The molecule has 2 rings (SSSR count). The first kappa shape index (κ1) is 13.4. The van der Waals surface area contributed by atoms with Crippen LogP contribution in [0.5, 0.6) is 0 Å². The zero-order chi connectivity index (χ0) is 12.7. The van der Waals surface area contributed by atoms with Gasteiger partial charge in [0.15, 0.2) is 5.69 Å². The highest BCUT2D eigenvalue weighted by Crippen LogP contribution is 2.14. The maximum Gasteiger partial charge on any atom is 0.355 e. The number of rotatable bonds is 3. The van der Waals surface area contributed by atoms with Gasteiger partial charge >= 0.3 is 5.97 Å². The molecule has 90 valence electrons. The van der Waals surface area contributed by atoms with E-state index < -0.39 is 5.97 Å². The minimum atomic E-state index is -0.967. The molecule has 0 aliphatic carbocycles. The molecule has 0 bridgehead atoms. The number of hydrogen-bond acceptors (Lipinski definition) is 3. The number of nitrogens with zero attached hydrogens (tertiary/aromatic N) is 1. The lowest BCUT2D eigenvalue weighted by Gasteiger charge is -1.95. The molecule has 1 N–H and O–H groups in total. The fraction of sp³-hybridized carbons (Fsp3) is 0.231. The lowest BCUT2D eigenvalue weighted by molar-refractivity contribution is 0.0691. The Morgan fingerprint density at radius 1 is 1.29 bits per heavy atom. The van der Waals surface area contributed by atoms with Gasteiger partial charge in [-0.2, -0.15) is 0 Å². The summed E-state index contributed by atoms with van der Waals surface area (Å²) in [5.41, 5.74) is 1.27. The van der Waals surface area contributed by atoms with Gasteiger partial charge in [0, 0.05) is 11.8 Å². The monoisotopic (exact) mass is 249 g/mol. The van der Waals surface area contributed by atoms with Gasteiger partial charge in [0.2, 0.25) is 0 Å². The Hall–Kier alpha value is -1.68. The molecule has 0 saturated carbocycles. The van der Waals surface area contributed by atoms with Crippen molar-refractivity contribution in [2.24, 2.45) is 0 Å². The van der Waals surface area contributed by atoms with Gasteiger partial charge in [-0.25, -0.2) is 9.78 Å². The van der Waals surface area contributed by atoms with E-state index in [1.165, 1.54) is 11.3 Å². The molecule has 1 heterocycles. The van der Waals surface area contributed by atoms with Crippen molar-refractivity contribution in [3.05, 3.63) is 52.0 Å². The summed E-state index contributed by atoms with van der Waals surface area (Å²) >= 11 is 1.38. The Morgan fingerprint density at radius 3 is 2.47 bits per heavy atom. The van der Waals surface area contributed by atoms with Gasteiger partial charge in [0.1, 0.15) is 0 Å². The average Bonchev–Trinajstić information content (AvgIpc) is 2.82. The van der Waals surface area contributed by atoms with Gasteiger partial charge in [-0.1, -0.05) is 44.2 Å². The van der Waals surface area contributed by atoms with E-state index in [-0.39, 0.29) is 5.69 Å². The summed E-state index contributed by atoms with van der Waals surface area (Å²) in [6.45, 7) is 4.00. The standard InChI is InChI=1S/C11H9NO2S.C2H6/c13-11(14)9-7-15-10(12-9)6-8-4-2-1-3-5-8;1-2/h1-5,7H,6H2,(H,13,14);1-2H3. The molecule has 0 unspecified atom stereocenters. The van der Waals surface area contributed by atoms with E-state index in [2.05, 4.69) is 4.98 Å². The van der Waals surface area contributed by atoms with Gasteiger partial charge in [0.25, 0.3) is 0 Å². The second-order valence-corrected chi connectivity index (χ2v) is 4.04. The van der Waals surface area contributed by atoms with Crippen molar-refractivity contribution in [1.82, 2.24) is 4.98 Å². The predicted octanol–water partition coefficient (Wildman–Crippen LogP) is 3.46. The van der Waals surface area contributed by atoms with E-state index in [1.54, 1.807) is 5.38 Å². The third kappa shape index (κ3) is 4.00. The first-order valence-corrected chi connectivity index (χ1v) is 6.35. The molecule has 17 heavy (non-hydrogen) atoms. The zero-order valence-corrected chi connectivity index (χ0v) is 10.7. The van der Waals surface area contributed by atoms with Crippen LogP contribution in [0, 0.1) is 0 Å². The van der Waals surface area contributed by atoms with E-state index >= 15 is 0 Å². The Kier molecular flexibility index (Phi) is 5.36. The van der Waals surface area contributed by atoms with Crippen molar-refractivity contribution in [2.75, 3.05) is 0 Å². The van der Waals surface area contributed by atoms with Crippen molar-refractivity contribution in [3.8, 4) is 0 Å². The van der Waals surface area contributed by atoms with Gasteiger partial charge in [-0.05, 0) is 5.56 Å². The molecule has 0 radical (unpaired) electrons. The molecule has 0 aliphatic heterocycles. The molecular weight excluding hydrogens is 234 g/mol. The number of carboxylic acid groups (broad SMARTS) is 1. The topological polar surface area (TPSA) is 50.2 Å². The lowest BCUT2D eigenvalue weighted by Crippen LogP contribution is -1.96. The molecule has 0 aliphatic rings. The highest BCUT2D eigenvalue weighted by molar-refractivity contribution is 7.09. The van der Waals surface area contributed by atoms with Crippen LogP contribution in [0.3, 0.4) is 0 Å². The molecule has 0 fully saturated rings. The van der Waals surface area contributed by atoms with Crippen LogP contribution in [-0.4, -0.2) is 16.1 Å². The van der Waals surface area contributed by atoms with E-state index in [9.17, 15) is 4.79 Å². The first-order valence-electron chi connectivity index (χ1n) is 5.47. The molecule has 0 atom stereocenters. The van der Waals surface area contributed by atoms with Crippen molar-refractivity contribution < 1.29 is 9.90 Å². The first-order chi connectivity index (χ1) is 8.25. The van der Waals surface area contributed by atoms with Crippen molar-refractivity contribution >= 4 is 17.3 Å². The third-order valence-corrected chi connectivity index (χ3v) is 2.82. The fourth-order valence-electron chi connectivity index (χ4n) is 1.26. The largest absolute Gasteiger partial charge is 0.476 e. The third-order valence-electron chi connectivity index (χ3n) is 1.97. The number of carboxylic acids is 1. The Labute approximate surface area is 105 Å². The minimum Gasteiger partial charge on any atom is -0.476 e. The van der Waals surface area contributed by atoms with Gasteiger partial charge < -0.3 is 5.11 Å². The normalized spacial score (nSPS) is 9.29. The van der Waals surface area contributed by atoms with E-state index in [0.717, 1.165) is 10.6 Å². The summed E-state index contributed by atoms with van der Waals surface area (Å²) < 4.78 is 0. The number of benzene rings is 1. The summed E-state index contributed by atoms with van der Waals surface area (Å²) in [5.74, 6) is -0.967. The zero-order valence-electron chi connectivity index (χ0n) is 9.88. The number of carbonyl (C=O) groups is 1.